The molecule has 0 heterocycles. The summed E-state index contributed by atoms with van der Waals surface area (Å²) >= 11 is 0. The Hall–Kier alpha value is -1.85. The minimum absolute atomic E-state index is 0.00370. The Bertz CT molecular complexity index is 881. The average Bonchev–Trinajstić information content (AvgIpc) is 3.16. The fraction of sp³-hybridized carbons (Fsp3) is 0.833. The SMILES string of the molecule is CCOC(=O)CC[C@H](C)[C@H]1CC[C@@H]2[C@@H]3C=C[C@@H]4C[C@@H](OC(C)=O)CC[C@]4(C)[C@@H]3C[C@H](OC(C)=O)[C@@]21C. The van der Waals surface area contributed by atoms with E-state index in [2.05, 4.69) is 32.9 Å². The lowest BCUT2D eigenvalue weighted by Gasteiger charge is -2.61. The monoisotopic (exact) mass is 502 g/mol. The van der Waals surface area contributed by atoms with E-state index in [0.717, 1.165) is 44.9 Å². The van der Waals surface area contributed by atoms with Crippen LogP contribution in [-0.2, 0) is 28.6 Å². The molecule has 6 nitrogen and oxygen atoms in total. The third-order valence-electron chi connectivity index (χ3n) is 10.7. The van der Waals surface area contributed by atoms with Gasteiger partial charge in [0.05, 0.1) is 6.61 Å². The van der Waals surface area contributed by atoms with Gasteiger partial charge in [-0.25, -0.2) is 0 Å². The number of carbonyl (C=O) groups is 3. The summed E-state index contributed by atoms with van der Waals surface area (Å²) in [7, 11) is 0. The molecule has 0 saturated heterocycles. The Morgan fingerprint density at radius 2 is 1.69 bits per heavy atom. The van der Waals surface area contributed by atoms with Gasteiger partial charge in [0.25, 0.3) is 0 Å². The predicted molar refractivity (Wildman–Crippen MR) is 137 cm³/mol. The molecule has 0 spiro atoms. The van der Waals surface area contributed by atoms with Crippen molar-refractivity contribution in [2.45, 2.75) is 105 Å². The maximum absolute atomic E-state index is 12.3. The summed E-state index contributed by atoms with van der Waals surface area (Å²) in [4.78, 5) is 35.9. The fourth-order valence-corrected chi connectivity index (χ4v) is 8.98. The number of carbonyl (C=O) groups excluding carboxylic acids is 3. The van der Waals surface area contributed by atoms with Gasteiger partial charge < -0.3 is 14.2 Å². The zero-order valence-electron chi connectivity index (χ0n) is 23.1. The van der Waals surface area contributed by atoms with Crippen molar-refractivity contribution in [2.75, 3.05) is 6.61 Å². The summed E-state index contributed by atoms with van der Waals surface area (Å²) in [6.07, 6.45) is 11.9. The van der Waals surface area contributed by atoms with E-state index in [1.807, 2.05) is 6.92 Å². The van der Waals surface area contributed by atoms with Gasteiger partial charge in [-0.3, -0.25) is 14.4 Å². The summed E-state index contributed by atoms with van der Waals surface area (Å²) in [5.74, 6) is 1.99. The smallest absolute Gasteiger partial charge is 0.305 e. The van der Waals surface area contributed by atoms with Crippen LogP contribution in [0.5, 0.6) is 0 Å². The summed E-state index contributed by atoms with van der Waals surface area (Å²) < 4.78 is 17.0. The lowest BCUT2D eigenvalue weighted by Crippen LogP contribution is -2.58. The minimum atomic E-state index is -0.199. The third-order valence-corrected chi connectivity index (χ3v) is 10.7. The molecule has 0 aliphatic heterocycles. The predicted octanol–water partition coefficient (Wildman–Crippen LogP) is 5.87. The van der Waals surface area contributed by atoms with E-state index in [4.69, 9.17) is 14.2 Å². The number of fused-ring (bicyclic) bond motifs is 5. The van der Waals surface area contributed by atoms with Crippen LogP contribution in [0.3, 0.4) is 0 Å². The summed E-state index contributed by atoms with van der Waals surface area (Å²) in [5, 5.41) is 0. The highest BCUT2D eigenvalue weighted by atomic mass is 16.5. The van der Waals surface area contributed by atoms with Gasteiger partial charge in [0.2, 0.25) is 0 Å². The zero-order chi connectivity index (χ0) is 26.3. The van der Waals surface area contributed by atoms with Crippen molar-refractivity contribution in [3.63, 3.8) is 0 Å². The maximum Gasteiger partial charge on any atom is 0.305 e. The van der Waals surface area contributed by atoms with Crippen LogP contribution < -0.4 is 0 Å². The van der Waals surface area contributed by atoms with Gasteiger partial charge in [-0.15, -0.1) is 0 Å². The van der Waals surface area contributed by atoms with Crippen LogP contribution in [0.25, 0.3) is 0 Å². The van der Waals surface area contributed by atoms with Crippen LogP contribution in [0.2, 0.25) is 0 Å². The highest BCUT2D eigenvalue weighted by Gasteiger charge is 2.64. The molecular formula is C30H46O6. The Kier molecular flexibility index (Phi) is 7.92. The molecule has 4 aliphatic carbocycles. The molecule has 6 heteroatoms. The van der Waals surface area contributed by atoms with Crippen molar-refractivity contribution in [3.8, 4) is 0 Å². The molecular weight excluding hydrogens is 456 g/mol. The first-order chi connectivity index (χ1) is 17.0. The topological polar surface area (TPSA) is 78.9 Å². The molecule has 0 amide bonds. The molecule has 0 aromatic heterocycles. The number of allylic oxidation sites excluding steroid dienone is 2. The van der Waals surface area contributed by atoms with Crippen molar-refractivity contribution >= 4 is 17.9 Å². The van der Waals surface area contributed by atoms with E-state index < -0.39 is 0 Å². The standard InChI is InChI=1S/C30H46O6/c1-7-34-28(33)13-8-18(2)24-11-12-25-23-10-9-21-16-22(35-19(3)31)14-15-29(21,5)26(23)17-27(30(24,25)6)36-20(4)32/h9-10,18,21-27H,7-8,11-17H2,1-6H3/t18-,21+,22-,23-,24+,25+,26+,27-,29-,30+/m0/s1. The molecule has 0 unspecified atom stereocenters. The average molecular weight is 503 g/mol. The van der Waals surface area contributed by atoms with Crippen LogP contribution in [-0.4, -0.2) is 36.7 Å². The molecule has 0 bridgehead atoms. The molecule has 0 N–H and O–H groups in total. The Labute approximate surface area is 216 Å². The van der Waals surface area contributed by atoms with E-state index in [-0.39, 0.29) is 40.9 Å². The van der Waals surface area contributed by atoms with Gasteiger partial charge in [0.15, 0.2) is 0 Å². The van der Waals surface area contributed by atoms with Crippen molar-refractivity contribution in [3.05, 3.63) is 12.2 Å². The second-order valence-electron chi connectivity index (χ2n) is 12.5. The Balaban J connectivity index is 1.59. The number of hydrogen-bond acceptors (Lipinski definition) is 6. The molecule has 202 valence electrons. The van der Waals surface area contributed by atoms with Gasteiger partial charge in [-0.05, 0) is 92.8 Å². The van der Waals surface area contributed by atoms with Crippen molar-refractivity contribution < 1.29 is 28.6 Å². The zero-order valence-corrected chi connectivity index (χ0v) is 23.1. The van der Waals surface area contributed by atoms with Gasteiger partial charge in [0, 0.05) is 25.7 Å². The molecule has 0 aromatic carbocycles. The van der Waals surface area contributed by atoms with Crippen LogP contribution >= 0.6 is 0 Å². The van der Waals surface area contributed by atoms with Crippen LogP contribution in [0.4, 0.5) is 0 Å². The molecule has 0 aromatic rings. The first-order valence-corrected chi connectivity index (χ1v) is 14.2. The quantitative estimate of drug-likeness (QED) is 0.246. The fourth-order valence-electron chi connectivity index (χ4n) is 8.98. The number of esters is 3. The molecule has 4 rings (SSSR count). The summed E-state index contributed by atoms with van der Waals surface area (Å²) in [6, 6.07) is 0. The lowest BCUT2D eigenvalue weighted by molar-refractivity contribution is -0.183. The highest BCUT2D eigenvalue weighted by molar-refractivity contribution is 5.69. The Morgan fingerprint density at radius 1 is 0.972 bits per heavy atom. The molecule has 10 atom stereocenters. The molecule has 3 fully saturated rings. The number of ether oxygens (including phenoxy) is 3. The second kappa shape index (κ2) is 10.5. The first-order valence-electron chi connectivity index (χ1n) is 14.2. The van der Waals surface area contributed by atoms with Gasteiger partial charge in [0.1, 0.15) is 12.2 Å². The summed E-state index contributed by atoms with van der Waals surface area (Å²) in [5.41, 5.74) is 0.00675. The van der Waals surface area contributed by atoms with E-state index in [1.165, 1.54) is 13.8 Å². The Morgan fingerprint density at radius 3 is 2.36 bits per heavy atom. The molecule has 0 radical (unpaired) electrons. The van der Waals surface area contributed by atoms with Gasteiger partial charge in [-0.2, -0.15) is 0 Å². The third kappa shape index (κ3) is 4.86. The lowest BCUT2D eigenvalue weighted by atomic mass is 9.45. The number of rotatable bonds is 7. The minimum Gasteiger partial charge on any atom is -0.466 e. The van der Waals surface area contributed by atoms with Crippen LogP contribution in [0.1, 0.15) is 92.9 Å². The van der Waals surface area contributed by atoms with E-state index in [0.29, 0.717) is 48.5 Å². The van der Waals surface area contributed by atoms with Gasteiger partial charge >= 0.3 is 17.9 Å². The van der Waals surface area contributed by atoms with Crippen molar-refractivity contribution in [2.24, 2.45) is 46.3 Å². The van der Waals surface area contributed by atoms with E-state index in [1.54, 1.807) is 0 Å². The van der Waals surface area contributed by atoms with E-state index in [9.17, 15) is 14.4 Å². The maximum atomic E-state index is 12.3. The largest absolute Gasteiger partial charge is 0.466 e. The first kappa shape index (κ1) is 27.2. The molecule has 36 heavy (non-hydrogen) atoms. The van der Waals surface area contributed by atoms with Crippen molar-refractivity contribution in [1.29, 1.82) is 0 Å². The van der Waals surface area contributed by atoms with Crippen LogP contribution in [0.15, 0.2) is 12.2 Å². The second-order valence-corrected chi connectivity index (χ2v) is 12.5. The normalized spacial score (nSPS) is 41.9. The highest BCUT2D eigenvalue weighted by Crippen LogP contribution is 2.67. The van der Waals surface area contributed by atoms with Crippen molar-refractivity contribution in [1.82, 2.24) is 0 Å². The number of hydrogen-bond donors (Lipinski definition) is 0. The molecule has 3 saturated carbocycles. The van der Waals surface area contributed by atoms with Gasteiger partial charge in [-0.1, -0.05) is 32.9 Å². The molecule has 4 aliphatic rings. The van der Waals surface area contributed by atoms with E-state index >= 15 is 0 Å². The summed E-state index contributed by atoms with van der Waals surface area (Å²) in [6.45, 7) is 12.3. The van der Waals surface area contributed by atoms with Crippen LogP contribution in [0, 0.1) is 46.3 Å².